The van der Waals surface area contributed by atoms with Crippen molar-refractivity contribution in [3.05, 3.63) is 301 Å². The first kappa shape index (κ1) is 52.9. The number of hydrogen-bond donors (Lipinski definition) is 0. The van der Waals surface area contributed by atoms with Crippen molar-refractivity contribution in [2.75, 3.05) is 9.80 Å². The van der Waals surface area contributed by atoms with Crippen molar-refractivity contribution in [2.45, 2.75) is 38.5 Å². The molecule has 0 aliphatic heterocycles. The number of nitrogens with zero attached hydrogens (tertiary/aromatic N) is 2. The average Bonchev–Trinajstić information content (AvgIpc) is 1.56. The van der Waals surface area contributed by atoms with Gasteiger partial charge in [0.25, 0.3) is 0 Å². The SMILES string of the molecule is CC1(C)c2cc(N(c3ccc4c(c3)oc3ccccc34)c3oc4c(ccc5c4ccc4c(-c6ccccc6)c(N(c6ccc7c(c6)C(C)(C)c6ccc8ccccc8c6-7)c6cccc7c6oc6ccccc67)oc45)c3-c3ccccc3)ccc2-c2c1ccc1ccccc21. The molecular formula is C88H58N2O4. The normalized spacial score (nSPS) is 13.7. The molecule has 2 aliphatic rings. The van der Waals surface area contributed by atoms with Crippen LogP contribution < -0.4 is 9.80 Å². The minimum Gasteiger partial charge on any atom is -0.456 e. The zero-order valence-corrected chi connectivity index (χ0v) is 52.1. The van der Waals surface area contributed by atoms with E-state index in [9.17, 15) is 0 Å². The van der Waals surface area contributed by atoms with Gasteiger partial charge in [0.15, 0.2) is 5.58 Å². The molecule has 20 rings (SSSR count). The number of benzene rings is 14. The number of para-hydroxylation sites is 3. The summed E-state index contributed by atoms with van der Waals surface area (Å²) in [6, 6.07) is 101. The lowest BCUT2D eigenvalue weighted by molar-refractivity contribution is 0.620. The maximum atomic E-state index is 7.81. The second-order valence-corrected chi connectivity index (χ2v) is 26.6. The summed E-state index contributed by atoms with van der Waals surface area (Å²) in [5.74, 6) is 1.36. The van der Waals surface area contributed by atoms with Crippen LogP contribution in [-0.4, -0.2) is 0 Å². The molecule has 0 amide bonds. The average molecular weight is 1210 g/mol. The van der Waals surface area contributed by atoms with Gasteiger partial charge in [-0.2, -0.15) is 0 Å². The lowest BCUT2D eigenvalue weighted by Gasteiger charge is -2.27. The van der Waals surface area contributed by atoms with E-state index in [1.54, 1.807) is 0 Å². The molecule has 444 valence electrons. The fourth-order valence-electron chi connectivity index (χ4n) is 16.4. The van der Waals surface area contributed by atoms with Gasteiger partial charge in [0, 0.05) is 71.4 Å². The first-order valence-corrected chi connectivity index (χ1v) is 32.5. The van der Waals surface area contributed by atoms with Crippen LogP contribution in [0.5, 0.6) is 0 Å². The summed E-state index contributed by atoms with van der Waals surface area (Å²) < 4.78 is 29.3. The number of fused-ring (bicyclic) bond motifs is 21. The van der Waals surface area contributed by atoms with E-state index in [-0.39, 0.29) is 10.8 Å². The number of rotatable bonds is 8. The zero-order valence-electron chi connectivity index (χ0n) is 52.1. The summed E-state index contributed by atoms with van der Waals surface area (Å²) in [7, 11) is 0. The maximum absolute atomic E-state index is 7.81. The maximum Gasteiger partial charge on any atom is 0.213 e. The lowest BCUT2D eigenvalue weighted by Crippen LogP contribution is -2.16. The Morgan fingerprint density at radius 3 is 1.24 bits per heavy atom. The number of anilines is 6. The highest BCUT2D eigenvalue weighted by Crippen LogP contribution is 2.58. The van der Waals surface area contributed by atoms with Gasteiger partial charge in [-0.15, -0.1) is 0 Å². The molecule has 4 aromatic heterocycles. The summed E-state index contributed by atoms with van der Waals surface area (Å²) >= 11 is 0. The molecular weight excluding hydrogens is 1150 g/mol. The molecule has 94 heavy (non-hydrogen) atoms. The highest BCUT2D eigenvalue weighted by molar-refractivity contribution is 6.22. The van der Waals surface area contributed by atoms with Crippen LogP contribution in [0.1, 0.15) is 49.9 Å². The predicted molar refractivity (Wildman–Crippen MR) is 388 cm³/mol. The summed E-state index contributed by atoms with van der Waals surface area (Å²) in [5, 5.41) is 13.0. The van der Waals surface area contributed by atoms with Gasteiger partial charge >= 0.3 is 0 Å². The molecule has 0 spiro atoms. The molecule has 0 fully saturated rings. The molecule has 4 heterocycles. The summed E-state index contributed by atoms with van der Waals surface area (Å²) in [6.45, 7) is 9.44. The van der Waals surface area contributed by atoms with E-state index < -0.39 is 0 Å². The number of furan rings is 4. The smallest absolute Gasteiger partial charge is 0.213 e. The van der Waals surface area contributed by atoms with E-state index >= 15 is 0 Å². The number of hydrogen-bond acceptors (Lipinski definition) is 6. The molecule has 0 unspecified atom stereocenters. The van der Waals surface area contributed by atoms with Gasteiger partial charge in [-0.25, -0.2) is 0 Å². The van der Waals surface area contributed by atoms with Crippen LogP contribution in [0, 0.1) is 0 Å². The quantitative estimate of drug-likeness (QED) is 0.151. The molecule has 0 bridgehead atoms. The highest BCUT2D eigenvalue weighted by atomic mass is 16.4. The van der Waals surface area contributed by atoms with Gasteiger partial charge in [-0.1, -0.05) is 222 Å². The van der Waals surface area contributed by atoms with Crippen molar-refractivity contribution in [3.63, 3.8) is 0 Å². The Balaban J connectivity index is 0.840. The Kier molecular flexibility index (Phi) is 10.9. The molecule has 0 atom stereocenters. The fraction of sp³-hybridized carbons (Fsp3) is 0.0682. The van der Waals surface area contributed by atoms with Crippen LogP contribution in [0.25, 0.3) is 143 Å². The van der Waals surface area contributed by atoms with Gasteiger partial charge in [0.1, 0.15) is 27.9 Å². The van der Waals surface area contributed by atoms with Crippen LogP contribution >= 0.6 is 0 Å². The van der Waals surface area contributed by atoms with Crippen LogP contribution in [0.2, 0.25) is 0 Å². The molecule has 18 aromatic rings. The van der Waals surface area contributed by atoms with Crippen molar-refractivity contribution in [1.29, 1.82) is 0 Å². The van der Waals surface area contributed by atoms with Crippen molar-refractivity contribution in [2.24, 2.45) is 0 Å². The molecule has 14 aromatic carbocycles. The van der Waals surface area contributed by atoms with Gasteiger partial charge in [0.2, 0.25) is 11.8 Å². The third-order valence-electron chi connectivity index (χ3n) is 20.9. The molecule has 2 aliphatic carbocycles. The van der Waals surface area contributed by atoms with E-state index in [2.05, 4.69) is 298 Å². The van der Waals surface area contributed by atoms with Gasteiger partial charge < -0.3 is 17.7 Å². The standard InChI is InChI=1S/C88H58N2O4/c1-87(2)70-46-34-51-20-11-13-26-58(51)80(70)66-40-37-55(48-72(66)87)89(57-36-39-62-60-28-15-17-32-75(60)91-77(62)50-57)85-78(53-22-7-5-8-23-53)68-44-42-65-64(82(68)93-85)43-45-69-79(54-24-9-6-10-25-54)86(94-83(65)69)90(74-31-19-30-63-61-29-16-18-33-76(61)92-84(63)74)56-38-41-67-73(49-56)88(3,4)71-47-35-52-21-12-14-27-59(52)81(67)71/h5-50H,1-4H3. The fourth-order valence-corrected chi connectivity index (χ4v) is 16.4. The first-order valence-electron chi connectivity index (χ1n) is 32.5. The van der Waals surface area contributed by atoms with E-state index in [1.165, 1.54) is 66.1 Å². The summed E-state index contributed by atoms with van der Waals surface area (Å²) in [6.07, 6.45) is 0. The van der Waals surface area contributed by atoms with E-state index in [4.69, 9.17) is 17.7 Å². The van der Waals surface area contributed by atoms with Gasteiger partial charge in [-0.05, 0) is 156 Å². The molecule has 0 saturated heterocycles. The monoisotopic (exact) mass is 1210 g/mol. The Labute approximate surface area is 541 Å². The van der Waals surface area contributed by atoms with Crippen LogP contribution in [-0.2, 0) is 10.8 Å². The Hall–Kier alpha value is -11.9. The highest BCUT2D eigenvalue weighted by Gasteiger charge is 2.40. The van der Waals surface area contributed by atoms with Gasteiger partial charge in [0.05, 0.1) is 22.5 Å². The molecule has 0 N–H and O–H groups in total. The minimum absolute atomic E-state index is 0.302. The molecule has 0 saturated carbocycles. The van der Waals surface area contributed by atoms with E-state index in [1.807, 2.05) is 18.2 Å². The minimum atomic E-state index is -0.311. The molecule has 6 nitrogen and oxygen atoms in total. The van der Waals surface area contributed by atoms with Gasteiger partial charge in [-0.3, -0.25) is 9.80 Å². The zero-order chi connectivity index (χ0) is 62.3. The second kappa shape index (κ2) is 19.3. The van der Waals surface area contributed by atoms with Crippen LogP contribution in [0.4, 0.5) is 34.5 Å². The molecule has 6 heteroatoms. The topological polar surface area (TPSA) is 59.0 Å². The van der Waals surface area contributed by atoms with Crippen molar-refractivity contribution in [1.82, 2.24) is 0 Å². The third-order valence-corrected chi connectivity index (χ3v) is 20.9. The Morgan fingerprint density at radius 1 is 0.255 bits per heavy atom. The lowest BCUT2D eigenvalue weighted by atomic mass is 9.82. The first-order chi connectivity index (χ1) is 46.1. The van der Waals surface area contributed by atoms with E-state index in [0.29, 0.717) is 11.8 Å². The van der Waals surface area contributed by atoms with Crippen LogP contribution in [0.15, 0.2) is 297 Å². The second-order valence-electron chi connectivity index (χ2n) is 26.6. The van der Waals surface area contributed by atoms with E-state index in [0.717, 1.165) is 122 Å². The van der Waals surface area contributed by atoms with Crippen molar-refractivity contribution < 1.29 is 17.7 Å². The van der Waals surface area contributed by atoms with Crippen molar-refractivity contribution in [3.8, 4) is 44.5 Å². The van der Waals surface area contributed by atoms with Crippen molar-refractivity contribution >= 4 is 133 Å². The Morgan fingerprint density at radius 2 is 0.670 bits per heavy atom. The largest absolute Gasteiger partial charge is 0.456 e. The third kappa shape index (κ3) is 7.36. The Bertz CT molecular complexity index is 6250. The summed E-state index contributed by atoms with van der Waals surface area (Å²) in [4.78, 5) is 4.62. The summed E-state index contributed by atoms with van der Waals surface area (Å²) in [5.41, 5.74) is 22.0. The molecule has 0 radical (unpaired) electrons. The predicted octanol–water partition coefficient (Wildman–Crippen LogP) is 25.3. The van der Waals surface area contributed by atoms with Crippen LogP contribution in [0.3, 0.4) is 0 Å².